The average Bonchev–Trinajstić information content (AvgIpc) is 2.62. The first-order valence-electron chi connectivity index (χ1n) is 5.04. The van der Waals surface area contributed by atoms with Crippen LogP contribution in [0.1, 0.15) is 12.5 Å². The van der Waals surface area contributed by atoms with Crippen LogP contribution in [0, 0.1) is 0 Å². The molecule has 1 heterocycles. The molecule has 0 aromatic heterocycles. The van der Waals surface area contributed by atoms with Crippen molar-refractivity contribution in [3.05, 3.63) is 47.3 Å². The molecule has 0 saturated carbocycles. The van der Waals surface area contributed by atoms with Gasteiger partial charge in [0.05, 0.1) is 17.9 Å². The van der Waals surface area contributed by atoms with Gasteiger partial charge in [-0.05, 0) is 12.5 Å². The van der Waals surface area contributed by atoms with Crippen molar-refractivity contribution in [3.63, 3.8) is 0 Å². The lowest BCUT2D eigenvalue weighted by Crippen LogP contribution is -2.37. The number of nitrogens with one attached hydrogen (secondary N) is 2. The molecule has 0 saturated heterocycles. The third kappa shape index (κ3) is 2.11. The van der Waals surface area contributed by atoms with Gasteiger partial charge in [0.1, 0.15) is 0 Å². The molecule has 0 aliphatic carbocycles. The Bertz CT molecular complexity index is 358. The van der Waals surface area contributed by atoms with E-state index in [1.807, 2.05) is 18.2 Å². The average molecular weight is 204 g/mol. The summed E-state index contributed by atoms with van der Waals surface area (Å²) in [6.07, 6.45) is 0. The largest absolute Gasteiger partial charge is 0.325 e. The third-order valence-electron chi connectivity index (χ3n) is 2.57. The molecule has 15 heavy (non-hydrogen) atoms. The van der Waals surface area contributed by atoms with E-state index >= 15 is 0 Å². The summed E-state index contributed by atoms with van der Waals surface area (Å²) < 4.78 is 0. The van der Waals surface area contributed by atoms with Crippen LogP contribution in [-0.4, -0.2) is 11.6 Å². The van der Waals surface area contributed by atoms with E-state index in [9.17, 15) is 0 Å². The van der Waals surface area contributed by atoms with Crippen LogP contribution in [-0.2, 0) is 6.54 Å². The standard InChI is InChI=1S/C11H16N4/c1-9-11(7-12)13-14-15(9)8-10-5-3-2-4-6-10/h2-6,13-14H,7-8,12H2,1H3. The Balaban J connectivity index is 2.06. The van der Waals surface area contributed by atoms with Crippen LogP contribution in [0.5, 0.6) is 0 Å². The van der Waals surface area contributed by atoms with Gasteiger partial charge in [-0.3, -0.25) is 5.01 Å². The molecule has 4 heteroatoms. The number of nitrogens with two attached hydrogens (primary N) is 1. The summed E-state index contributed by atoms with van der Waals surface area (Å²) in [6.45, 7) is 3.42. The smallest absolute Gasteiger partial charge is 0.0618 e. The lowest BCUT2D eigenvalue weighted by Gasteiger charge is -2.18. The number of benzene rings is 1. The lowest BCUT2D eigenvalue weighted by molar-refractivity contribution is 0.243. The molecule has 1 aliphatic rings. The molecule has 1 aromatic rings. The molecule has 80 valence electrons. The normalized spacial score (nSPS) is 15.7. The van der Waals surface area contributed by atoms with E-state index in [2.05, 4.69) is 35.0 Å². The highest BCUT2D eigenvalue weighted by atomic mass is 15.7. The minimum Gasteiger partial charge on any atom is -0.325 e. The SMILES string of the molecule is CC1=C(CN)NNN1Cc1ccccc1. The molecule has 0 radical (unpaired) electrons. The van der Waals surface area contributed by atoms with Gasteiger partial charge in [-0.2, -0.15) is 0 Å². The van der Waals surface area contributed by atoms with Gasteiger partial charge in [0, 0.05) is 6.54 Å². The first-order valence-corrected chi connectivity index (χ1v) is 5.04. The van der Waals surface area contributed by atoms with Crippen molar-refractivity contribution in [3.8, 4) is 0 Å². The van der Waals surface area contributed by atoms with Crippen molar-refractivity contribution in [2.75, 3.05) is 6.54 Å². The van der Waals surface area contributed by atoms with Crippen molar-refractivity contribution >= 4 is 0 Å². The molecule has 1 aromatic carbocycles. The van der Waals surface area contributed by atoms with Gasteiger partial charge in [-0.25, -0.2) is 0 Å². The Labute approximate surface area is 89.7 Å². The second kappa shape index (κ2) is 4.33. The first-order chi connectivity index (χ1) is 7.31. The van der Waals surface area contributed by atoms with Crippen LogP contribution < -0.4 is 16.7 Å². The molecule has 0 bridgehead atoms. The second-order valence-electron chi connectivity index (χ2n) is 3.58. The summed E-state index contributed by atoms with van der Waals surface area (Å²) in [6, 6.07) is 10.3. The highest BCUT2D eigenvalue weighted by molar-refractivity contribution is 5.18. The maximum atomic E-state index is 5.59. The predicted octanol–water partition coefficient (Wildman–Crippen LogP) is 0.702. The summed E-state index contributed by atoms with van der Waals surface area (Å²) in [7, 11) is 0. The van der Waals surface area contributed by atoms with Crippen molar-refractivity contribution in [1.82, 2.24) is 16.0 Å². The van der Waals surface area contributed by atoms with Crippen LogP contribution in [0.2, 0.25) is 0 Å². The quantitative estimate of drug-likeness (QED) is 0.678. The number of nitrogens with zero attached hydrogens (tertiary/aromatic N) is 1. The highest BCUT2D eigenvalue weighted by Crippen LogP contribution is 2.13. The van der Waals surface area contributed by atoms with Gasteiger partial charge >= 0.3 is 0 Å². The Morgan fingerprint density at radius 1 is 1.27 bits per heavy atom. The summed E-state index contributed by atoms with van der Waals surface area (Å²) >= 11 is 0. The fourth-order valence-corrected chi connectivity index (χ4v) is 1.60. The third-order valence-corrected chi connectivity index (χ3v) is 2.57. The van der Waals surface area contributed by atoms with Crippen LogP contribution in [0.3, 0.4) is 0 Å². The summed E-state index contributed by atoms with van der Waals surface area (Å²) in [5.74, 6) is 0. The molecular weight excluding hydrogens is 188 g/mol. The number of rotatable bonds is 3. The van der Waals surface area contributed by atoms with Crippen LogP contribution in [0.4, 0.5) is 0 Å². The van der Waals surface area contributed by atoms with E-state index in [0.717, 1.165) is 17.9 Å². The molecule has 2 rings (SSSR count). The van der Waals surface area contributed by atoms with Gasteiger partial charge < -0.3 is 11.2 Å². The van der Waals surface area contributed by atoms with E-state index in [4.69, 9.17) is 5.73 Å². The fraction of sp³-hybridized carbons (Fsp3) is 0.273. The van der Waals surface area contributed by atoms with Crippen LogP contribution >= 0.6 is 0 Å². The molecule has 1 aliphatic heterocycles. The zero-order valence-electron chi connectivity index (χ0n) is 8.83. The van der Waals surface area contributed by atoms with Gasteiger partial charge in [-0.15, -0.1) is 5.53 Å². The number of allylic oxidation sites excluding steroid dienone is 1. The molecule has 4 nitrogen and oxygen atoms in total. The van der Waals surface area contributed by atoms with Crippen LogP contribution in [0.15, 0.2) is 41.7 Å². The van der Waals surface area contributed by atoms with E-state index in [-0.39, 0.29) is 0 Å². The minimum absolute atomic E-state index is 0.532. The molecule has 0 atom stereocenters. The number of hydrogen-bond acceptors (Lipinski definition) is 4. The maximum Gasteiger partial charge on any atom is 0.0618 e. The van der Waals surface area contributed by atoms with Gasteiger partial charge in [0.2, 0.25) is 0 Å². The Hall–Kier alpha value is -1.52. The van der Waals surface area contributed by atoms with Crippen molar-refractivity contribution in [2.45, 2.75) is 13.5 Å². The van der Waals surface area contributed by atoms with E-state index in [1.54, 1.807) is 0 Å². The highest BCUT2D eigenvalue weighted by Gasteiger charge is 2.16. The lowest BCUT2D eigenvalue weighted by atomic mass is 10.2. The fourth-order valence-electron chi connectivity index (χ4n) is 1.60. The van der Waals surface area contributed by atoms with Gasteiger partial charge in [0.25, 0.3) is 0 Å². The zero-order valence-corrected chi connectivity index (χ0v) is 8.83. The van der Waals surface area contributed by atoms with Crippen molar-refractivity contribution in [2.24, 2.45) is 5.73 Å². The van der Waals surface area contributed by atoms with Gasteiger partial charge in [-0.1, -0.05) is 30.3 Å². The van der Waals surface area contributed by atoms with Crippen molar-refractivity contribution in [1.29, 1.82) is 0 Å². The summed E-state index contributed by atoms with van der Waals surface area (Å²) in [4.78, 5) is 0. The molecular formula is C11H16N4. The molecule has 0 amide bonds. The van der Waals surface area contributed by atoms with E-state index in [0.29, 0.717) is 6.54 Å². The molecule has 0 unspecified atom stereocenters. The molecule has 4 N–H and O–H groups in total. The Kier molecular flexibility index (Phi) is 2.89. The topological polar surface area (TPSA) is 53.3 Å². The minimum atomic E-state index is 0.532. The Morgan fingerprint density at radius 3 is 2.60 bits per heavy atom. The number of hydrazine groups is 2. The van der Waals surface area contributed by atoms with Gasteiger partial charge in [0.15, 0.2) is 0 Å². The van der Waals surface area contributed by atoms with Crippen LogP contribution in [0.25, 0.3) is 0 Å². The first kappa shape index (κ1) is 10.0. The number of hydrogen-bond donors (Lipinski definition) is 3. The molecule has 0 spiro atoms. The summed E-state index contributed by atoms with van der Waals surface area (Å²) in [5.41, 5.74) is 15.2. The zero-order chi connectivity index (χ0) is 10.7. The van der Waals surface area contributed by atoms with E-state index in [1.165, 1.54) is 5.56 Å². The maximum absolute atomic E-state index is 5.59. The molecule has 0 fully saturated rings. The van der Waals surface area contributed by atoms with E-state index < -0.39 is 0 Å². The second-order valence-corrected chi connectivity index (χ2v) is 3.58. The monoisotopic (exact) mass is 204 g/mol. The summed E-state index contributed by atoms with van der Waals surface area (Å²) in [5, 5.41) is 2.05. The van der Waals surface area contributed by atoms with Crippen molar-refractivity contribution < 1.29 is 0 Å². The Morgan fingerprint density at radius 2 is 2.00 bits per heavy atom. The predicted molar refractivity (Wildman–Crippen MR) is 60.0 cm³/mol.